The minimum atomic E-state index is -1.27. The second-order valence-electron chi connectivity index (χ2n) is 6.85. The first kappa shape index (κ1) is 19.4. The molecule has 1 aliphatic rings. The van der Waals surface area contributed by atoms with Crippen LogP contribution in [-0.4, -0.2) is 21.1 Å². The number of rotatable bonds is 5. The first-order valence-electron chi connectivity index (χ1n) is 8.87. The molecule has 5 nitrogen and oxygen atoms in total. The van der Waals surface area contributed by atoms with E-state index in [2.05, 4.69) is 34.4 Å². The smallest absolute Gasteiger partial charge is 0.145 e. The van der Waals surface area contributed by atoms with Crippen molar-refractivity contribution >= 4 is 29.0 Å². The van der Waals surface area contributed by atoms with E-state index in [0.29, 0.717) is 27.3 Å². The molecule has 0 saturated carbocycles. The number of fused-ring (bicyclic) bond motifs is 1. The molecule has 2 atom stereocenters. The Morgan fingerprint density at radius 2 is 1.96 bits per heavy atom. The lowest BCUT2D eigenvalue weighted by Crippen LogP contribution is -2.36. The maximum atomic E-state index is 11.1. The lowest BCUT2D eigenvalue weighted by Gasteiger charge is -2.24. The van der Waals surface area contributed by atoms with Crippen molar-refractivity contribution in [2.75, 3.05) is 5.32 Å². The number of aromatic nitrogens is 2. The van der Waals surface area contributed by atoms with Gasteiger partial charge < -0.3 is 10.4 Å². The molecule has 3 N–H and O–H groups in total. The number of hydrogen-bond donors (Lipinski definition) is 3. The summed E-state index contributed by atoms with van der Waals surface area (Å²) >= 11 is 12.4. The van der Waals surface area contributed by atoms with Crippen LogP contribution in [0, 0.1) is 6.92 Å². The van der Waals surface area contributed by atoms with Crippen molar-refractivity contribution in [2.45, 2.75) is 58.3 Å². The van der Waals surface area contributed by atoms with E-state index >= 15 is 0 Å². The molecule has 1 aromatic carbocycles. The van der Waals surface area contributed by atoms with Gasteiger partial charge in [0.05, 0.1) is 17.3 Å². The highest BCUT2D eigenvalue weighted by atomic mass is 35.5. The zero-order valence-electron chi connectivity index (χ0n) is 15.4. The van der Waals surface area contributed by atoms with Crippen LogP contribution in [0.3, 0.4) is 0 Å². The third kappa shape index (κ3) is 3.54. The highest BCUT2D eigenvalue weighted by Crippen LogP contribution is 2.43. The molecular formula is C19H24Cl2N4O. The molecule has 0 saturated heterocycles. The third-order valence-electron chi connectivity index (χ3n) is 4.83. The molecule has 2 aromatic rings. The maximum Gasteiger partial charge on any atom is 0.145 e. The molecule has 1 aliphatic heterocycles. The number of aryl methyl sites for hydroxylation is 1. The van der Waals surface area contributed by atoms with Crippen molar-refractivity contribution in [3.63, 3.8) is 0 Å². The number of halogens is 2. The quantitative estimate of drug-likeness (QED) is 0.693. The molecule has 2 unspecified atom stereocenters. The van der Waals surface area contributed by atoms with Gasteiger partial charge in [-0.05, 0) is 44.4 Å². The van der Waals surface area contributed by atoms with Crippen LogP contribution in [0.5, 0.6) is 0 Å². The Bertz CT molecular complexity index is 821. The topological polar surface area (TPSA) is 70.1 Å². The molecule has 0 spiro atoms. The summed E-state index contributed by atoms with van der Waals surface area (Å²) in [4.78, 5) is 9.19. The normalized spacial score (nSPS) is 21.9. The summed E-state index contributed by atoms with van der Waals surface area (Å²) in [5, 5.41) is 18.9. The zero-order valence-corrected chi connectivity index (χ0v) is 16.9. The highest BCUT2D eigenvalue weighted by Gasteiger charge is 2.43. The summed E-state index contributed by atoms with van der Waals surface area (Å²) in [7, 11) is 0. The summed E-state index contributed by atoms with van der Waals surface area (Å²) in [6, 6.07) is 5.29. The molecule has 0 aliphatic carbocycles. The third-order valence-corrected chi connectivity index (χ3v) is 5.40. The van der Waals surface area contributed by atoms with Gasteiger partial charge in [0.1, 0.15) is 17.4 Å². The summed E-state index contributed by atoms with van der Waals surface area (Å²) in [5.74, 6) is 1.32. The Labute approximate surface area is 164 Å². The Hall–Kier alpha value is -1.40. The second-order valence-corrected chi connectivity index (χ2v) is 7.70. The Morgan fingerprint density at radius 3 is 2.58 bits per heavy atom. The van der Waals surface area contributed by atoms with Gasteiger partial charge in [-0.2, -0.15) is 0 Å². The van der Waals surface area contributed by atoms with Crippen LogP contribution in [0.1, 0.15) is 62.3 Å². The largest absolute Gasteiger partial charge is 0.372 e. The molecule has 1 aromatic heterocycles. The average Bonchev–Trinajstić information content (AvgIpc) is 2.83. The van der Waals surface area contributed by atoms with E-state index in [-0.39, 0.29) is 12.1 Å². The first-order valence-corrected chi connectivity index (χ1v) is 9.63. The van der Waals surface area contributed by atoms with Crippen LogP contribution >= 0.6 is 23.2 Å². The Balaban J connectivity index is 2.13. The van der Waals surface area contributed by atoms with E-state index in [1.54, 1.807) is 19.1 Å². The Morgan fingerprint density at radius 1 is 1.27 bits per heavy atom. The van der Waals surface area contributed by atoms with Crippen LogP contribution in [0.15, 0.2) is 18.2 Å². The van der Waals surface area contributed by atoms with Gasteiger partial charge in [0.25, 0.3) is 0 Å². The fraction of sp³-hybridized carbons (Fsp3) is 0.474. The van der Waals surface area contributed by atoms with Gasteiger partial charge >= 0.3 is 0 Å². The number of nitrogens with zero attached hydrogens (tertiary/aromatic N) is 2. The highest BCUT2D eigenvalue weighted by molar-refractivity contribution is 6.35. The minimum absolute atomic E-state index is 0.280. The molecule has 0 bridgehead atoms. The minimum Gasteiger partial charge on any atom is -0.372 e. The monoisotopic (exact) mass is 394 g/mol. The molecule has 2 heterocycles. The molecule has 0 radical (unpaired) electrons. The lowest BCUT2D eigenvalue weighted by molar-refractivity contribution is 0.0269. The number of hydrogen-bond acceptors (Lipinski definition) is 5. The summed E-state index contributed by atoms with van der Waals surface area (Å²) < 4.78 is 0. The number of anilines is 1. The van der Waals surface area contributed by atoms with Crippen molar-refractivity contribution in [1.29, 1.82) is 0 Å². The van der Waals surface area contributed by atoms with Crippen LogP contribution in [0.4, 0.5) is 5.82 Å². The average molecular weight is 395 g/mol. The van der Waals surface area contributed by atoms with E-state index < -0.39 is 5.72 Å². The maximum absolute atomic E-state index is 11.1. The van der Waals surface area contributed by atoms with Gasteiger partial charge in [0.15, 0.2) is 0 Å². The van der Waals surface area contributed by atoms with E-state index in [1.165, 1.54) is 0 Å². The van der Waals surface area contributed by atoms with Gasteiger partial charge in [0.2, 0.25) is 0 Å². The van der Waals surface area contributed by atoms with Gasteiger partial charge in [0, 0.05) is 16.1 Å². The van der Waals surface area contributed by atoms with Gasteiger partial charge in [-0.25, -0.2) is 9.97 Å². The van der Waals surface area contributed by atoms with Crippen molar-refractivity contribution in [3.8, 4) is 0 Å². The van der Waals surface area contributed by atoms with Crippen LogP contribution in [0.2, 0.25) is 10.0 Å². The SMILES string of the molecule is CCC(CC)Nc1nc(C)nc2c1C(C)(O)NC2c1ccc(Cl)cc1Cl. The predicted octanol–water partition coefficient (Wildman–Crippen LogP) is 4.55. The molecule has 0 amide bonds. The van der Waals surface area contributed by atoms with Crippen molar-refractivity contribution < 1.29 is 5.11 Å². The fourth-order valence-electron chi connectivity index (χ4n) is 3.46. The zero-order chi connectivity index (χ0) is 19.1. The number of nitrogens with one attached hydrogen (secondary N) is 2. The molecule has 3 rings (SSSR count). The Kier molecular flexibility index (Phi) is 5.45. The summed E-state index contributed by atoms with van der Waals surface area (Å²) in [6.45, 7) is 7.82. The fourth-order valence-corrected chi connectivity index (χ4v) is 3.97. The molecule has 0 fully saturated rings. The van der Waals surface area contributed by atoms with Crippen LogP contribution in [0.25, 0.3) is 0 Å². The molecule has 26 heavy (non-hydrogen) atoms. The summed E-state index contributed by atoms with van der Waals surface area (Å²) in [6.07, 6.45) is 1.94. The van der Waals surface area contributed by atoms with Crippen molar-refractivity contribution in [2.24, 2.45) is 0 Å². The lowest BCUT2D eigenvalue weighted by atomic mass is 10.0. The number of aliphatic hydroxyl groups is 1. The van der Waals surface area contributed by atoms with Gasteiger partial charge in [-0.15, -0.1) is 0 Å². The van der Waals surface area contributed by atoms with Gasteiger partial charge in [-0.3, -0.25) is 5.32 Å². The van der Waals surface area contributed by atoms with Crippen LogP contribution < -0.4 is 10.6 Å². The molecule has 140 valence electrons. The van der Waals surface area contributed by atoms with Gasteiger partial charge in [-0.1, -0.05) is 43.1 Å². The summed E-state index contributed by atoms with van der Waals surface area (Å²) in [5.41, 5.74) is 0.957. The van der Waals surface area contributed by atoms with Crippen molar-refractivity contribution in [1.82, 2.24) is 15.3 Å². The standard InChI is InChI=1S/C19H24Cl2N4O/c1-5-12(6-2)24-18-15-17(22-10(3)23-18)16(25-19(15,4)26)13-8-7-11(20)9-14(13)21/h7-9,12,16,25-26H,5-6H2,1-4H3,(H,22,23,24). The van der Waals surface area contributed by atoms with E-state index in [9.17, 15) is 5.11 Å². The second kappa shape index (κ2) is 7.31. The first-order chi connectivity index (χ1) is 12.3. The van der Waals surface area contributed by atoms with E-state index in [1.807, 2.05) is 13.0 Å². The van der Waals surface area contributed by atoms with Crippen molar-refractivity contribution in [3.05, 3.63) is 50.9 Å². The van der Waals surface area contributed by atoms with E-state index in [0.717, 1.165) is 24.1 Å². The number of benzene rings is 1. The van der Waals surface area contributed by atoms with E-state index in [4.69, 9.17) is 23.2 Å². The van der Waals surface area contributed by atoms with Crippen LogP contribution in [-0.2, 0) is 5.72 Å². The predicted molar refractivity (Wildman–Crippen MR) is 106 cm³/mol. The molecule has 7 heteroatoms. The molecular weight excluding hydrogens is 371 g/mol.